The molecule has 2 atom stereocenters. The molecule has 42 heavy (non-hydrogen) atoms. The third kappa shape index (κ3) is 5.89. The fraction of sp³-hybridized carbons (Fsp3) is 0.294. The van der Waals surface area contributed by atoms with Crippen LogP contribution in [0.15, 0.2) is 101 Å². The van der Waals surface area contributed by atoms with Gasteiger partial charge in [0.05, 0.1) is 38.4 Å². The van der Waals surface area contributed by atoms with Crippen LogP contribution in [0.5, 0.6) is 11.5 Å². The SMILES string of the molecule is C#CCCCCn1c(=O)ccn(C(C(O)CO)C(c2ccccc2)(c2ccc(OC)cc2)c2ccc(OC)cc2)c1=O. The molecule has 0 radical (unpaired) electrons. The Hall–Kier alpha value is -4.58. The maximum absolute atomic E-state index is 14.1. The van der Waals surface area contributed by atoms with E-state index in [1.54, 1.807) is 14.2 Å². The number of benzene rings is 3. The summed E-state index contributed by atoms with van der Waals surface area (Å²) in [6.45, 7) is -0.467. The lowest BCUT2D eigenvalue weighted by Gasteiger charge is -2.45. The Balaban J connectivity index is 2.10. The Labute approximate surface area is 245 Å². The van der Waals surface area contributed by atoms with Crippen molar-refractivity contribution in [1.82, 2.24) is 9.13 Å². The molecule has 1 heterocycles. The molecule has 8 nitrogen and oxygen atoms in total. The van der Waals surface area contributed by atoms with E-state index in [9.17, 15) is 19.8 Å². The van der Waals surface area contributed by atoms with Crippen molar-refractivity contribution in [2.45, 2.75) is 43.4 Å². The molecule has 0 bridgehead atoms. The number of ether oxygens (including phenoxy) is 2. The highest BCUT2D eigenvalue weighted by atomic mass is 16.5. The molecule has 0 aliphatic rings. The first-order valence-electron chi connectivity index (χ1n) is 13.8. The highest BCUT2D eigenvalue weighted by Crippen LogP contribution is 2.49. The van der Waals surface area contributed by atoms with E-state index in [-0.39, 0.29) is 6.54 Å². The average Bonchev–Trinajstić information content (AvgIpc) is 3.04. The normalized spacial score (nSPS) is 12.7. The first-order chi connectivity index (χ1) is 20.4. The molecule has 4 rings (SSSR count). The highest BCUT2D eigenvalue weighted by molar-refractivity contribution is 5.54. The first-order valence-corrected chi connectivity index (χ1v) is 13.8. The van der Waals surface area contributed by atoms with E-state index >= 15 is 0 Å². The van der Waals surface area contributed by atoms with E-state index in [0.717, 1.165) is 21.3 Å². The van der Waals surface area contributed by atoms with Gasteiger partial charge >= 0.3 is 5.69 Å². The summed E-state index contributed by atoms with van der Waals surface area (Å²) in [7, 11) is 3.15. The number of rotatable bonds is 13. The molecular formula is C34H36N2O6. The Morgan fingerprint density at radius 3 is 1.88 bits per heavy atom. The van der Waals surface area contributed by atoms with Gasteiger partial charge in [0, 0.05) is 25.2 Å². The predicted octanol–water partition coefficient (Wildman–Crippen LogP) is 3.76. The van der Waals surface area contributed by atoms with Crippen LogP contribution in [0.4, 0.5) is 0 Å². The van der Waals surface area contributed by atoms with Crippen LogP contribution in [0.2, 0.25) is 0 Å². The fourth-order valence-electron chi connectivity index (χ4n) is 5.65. The van der Waals surface area contributed by atoms with Gasteiger partial charge in [-0.25, -0.2) is 4.79 Å². The van der Waals surface area contributed by atoms with Gasteiger partial charge in [-0.1, -0.05) is 54.6 Å². The third-order valence-corrected chi connectivity index (χ3v) is 7.66. The van der Waals surface area contributed by atoms with Crippen molar-refractivity contribution in [1.29, 1.82) is 0 Å². The molecular weight excluding hydrogens is 532 g/mol. The minimum absolute atomic E-state index is 0.172. The topological polar surface area (TPSA) is 103 Å². The molecule has 0 saturated heterocycles. The lowest BCUT2D eigenvalue weighted by molar-refractivity contribution is 0.0305. The molecule has 0 spiro atoms. The maximum atomic E-state index is 14.1. The number of nitrogens with zero attached hydrogens (tertiary/aromatic N) is 2. The standard InChI is InChI=1S/C34H36N2O6/c1-4-5-6-10-22-35-31(39)21-23-36(33(35)40)32(30(38)24-37)34(25-11-8-7-9-12-25,26-13-17-28(41-2)18-14-26)27-15-19-29(42-3)20-16-27/h1,7-9,11-21,23,30,32,37-38H,5-6,10,22,24H2,2-3H3. The van der Waals surface area contributed by atoms with Crippen molar-refractivity contribution in [3.8, 4) is 23.8 Å². The van der Waals surface area contributed by atoms with Crippen molar-refractivity contribution in [3.05, 3.63) is 129 Å². The predicted molar refractivity (Wildman–Crippen MR) is 162 cm³/mol. The van der Waals surface area contributed by atoms with Crippen LogP contribution in [-0.2, 0) is 12.0 Å². The van der Waals surface area contributed by atoms with E-state index in [4.69, 9.17) is 15.9 Å². The number of hydrogen-bond donors (Lipinski definition) is 2. The number of aliphatic hydroxyl groups is 2. The fourth-order valence-corrected chi connectivity index (χ4v) is 5.65. The summed E-state index contributed by atoms with van der Waals surface area (Å²) in [5, 5.41) is 22.1. The Morgan fingerprint density at radius 1 is 0.833 bits per heavy atom. The summed E-state index contributed by atoms with van der Waals surface area (Å²) in [6, 6.07) is 24.5. The number of terminal acetylenes is 1. The zero-order chi connectivity index (χ0) is 30.1. The van der Waals surface area contributed by atoms with Crippen LogP contribution < -0.4 is 20.7 Å². The van der Waals surface area contributed by atoms with Crippen LogP contribution >= 0.6 is 0 Å². The Kier molecular flexibility index (Phi) is 10.0. The molecule has 2 unspecified atom stereocenters. The van der Waals surface area contributed by atoms with E-state index in [0.29, 0.717) is 30.8 Å². The number of unbranched alkanes of at least 4 members (excludes halogenated alkanes) is 2. The van der Waals surface area contributed by atoms with Crippen LogP contribution in [0.1, 0.15) is 42.0 Å². The van der Waals surface area contributed by atoms with Crippen molar-refractivity contribution >= 4 is 0 Å². The number of aromatic nitrogens is 2. The van der Waals surface area contributed by atoms with Crippen LogP contribution in [-0.4, -0.2) is 46.3 Å². The van der Waals surface area contributed by atoms with Crippen LogP contribution in [0.25, 0.3) is 0 Å². The molecule has 4 aromatic rings. The number of aliphatic hydroxyl groups excluding tert-OH is 2. The smallest absolute Gasteiger partial charge is 0.331 e. The minimum atomic E-state index is -1.42. The summed E-state index contributed by atoms with van der Waals surface area (Å²) >= 11 is 0. The van der Waals surface area contributed by atoms with Gasteiger partial charge in [-0.15, -0.1) is 12.3 Å². The van der Waals surface area contributed by atoms with E-state index in [2.05, 4.69) is 5.92 Å². The molecule has 218 valence electrons. The lowest BCUT2D eigenvalue weighted by atomic mass is 9.63. The van der Waals surface area contributed by atoms with Gasteiger partial charge < -0.3 is 19.7 Å². The summed E-state index contributed by atoms with van der Waals surface area (Å²) in [5.74, 6) is 3.84. The number of hydrogen-bond acceptors (Lipinski definition) is 6. The summed E-state index contributed by atoms with van der Waals surface area (Å²) in [4.78, 5) is 27.0. The zero-order valence-electron chi connectivity index (χ0n) is 23.8. The number of methoxy groups -OCH3 is 2. The minimum Gasteiger partial charge on any atom is -0.497 e. The van der Waals surface area contributed by atoms with Gasteiger partial charge in [0.1, 0.15) is 11.5 Å². The highest BCUT2D eigenvalue weighted by Gasteiger charge is 2.48. The van der Waals surface area contributed by atoms with E-state index in [1.807, 2.05) is 78.9 Å². The van der Waals surface area contributed by atoms with Gasteiger partial charge in [0.25, 0.3) is 5.56 Å². The molecule has 3 aromatic carbocycles. The monoisotopic (exact) mass is 568 g/mol. The molecule has 0 aliphatic carbocycles. The lowest BCUT2D eigenvalue weighted by Crippen LogP contribution is -2.52. The molecule has 1 aromatic heterocycles. The second kappa shape index (κ2) is 13.9. The molecule has 0 fully saturated rings. The second-order valence-corrected chi connectivity index (χ2v) is 9.98. The van der Waals surface area contributed by atoms with Crippen LogP contribution in [0, 0.1) is 12.3 Å². The Bertz CT molecular complexity index is 1550. The second-order valence-electron chi connectivity index (χ2n) is 9.98. The third-order valence-electron chi connectivity index (χ3n) is 7.66. The molecule has 8 heteroatoms. The largest absolute Gasteiger partial charge is 0.497 e. The van der Waals surface area contributed by atoms with Crippen molar-refractivity contribution < 1.29 is 19.7 Å². The first kappa shape index (κ1) is 30.4. The maximum Gasteiger partial charge on any atom is 0.331 e. The average molecular weight is 569 g/mol. The van der Waals surface area contributed by atoms with E-state index < -0.39 is 35.4 Å². The molecule has 0 amide bonds. The van der Waals surface area contributed by atoms with Gasteiger partial charge in [0.15, 0.2) is 0 Å². The molecule has 0 saturated carbocycles. The Morgan fingerprint density at radius 2 is 1.38 bits per heavy atom. The summed E-state index contributed by atoms with van der Waals surface area (Å²) in [6.07, 6.45) is 7.09. The van der Waals surface area contributed by atoms with Crippen LogP contribution in [0.3, 0.4) is 0 Å². The van der Waals surface area contributed by atoms with Gasteiger partial charge in [-0.2, -0.15) is 0 Å². The summed E-state index contributed by atoms with van der Waals surface area (Å²) in [5.41, 5.74) is -0.0445. The van der Waals surface area contributed by atoms with Gasteiger partial charge in [-0.05, 0) is 53.8 Å². The summed E-state index contributed by atoms with van der Waals surface area (Å²) < 4.78 is 13.4. The molecule has 2 N–H and O–H groups in total. The van der Waals surface area contributed by atoms with Crippen molar-refractivity contribution in [2.75, 3.05) is 20.8 Å². The quantitative estimate of drug-likeness (QED) is 0.145. The van der Waals surface area contributed by atoms with E-state index in [1.165, 1.54) is 16.8 Å². The molecule has 0 aliphatic heterocycles. The van der Waals surface area contributed by atoms with Crippen molar-refractivity contribution in [2.24, 2.45) is 0 Å². The van der Waals surface area contributed by atoms with Gasteiger partial charge in [0.2, 0.25) is 0 Å². The van der Waals surface area contributed by atoms with Gasteiger partial charge in [-0.3, -0.25) is 13.9 Å². The zero-order valence-corrected chi connectivity index (χ0v) is 23.8. The van der Waals surface area contributed by atoms with Crippen molar-refractivity contribution in [3.63, 3.8) is 0 Å².